The summed E-state index contributed by atoms with van der Waals surface area (Å²) in [5, 5.41) is 1.26. The number of hydrogen-bond donors (Lipinski definition) is 0. The minimum atomic E-state index is 0.356. The Kier molecular flexibility index (Phi) is 3.63. The molecule has 2 heterocycles. The van der Waals surface area contributed by atoms with Crippen molar-refractivity contribution in [2.45, 2.75) is 32.1 Å². The molecule has 0 radical (unpaired) electrons. The van der Waals surface area contributed by atoms with E-state index in [1.54, 1.807) is 0 Å². The van der Waals surface area contributed by atoms with Crippen LogP contribution in [-0.4, -0.2) is 9.97 Å². The summed E-state index contributed by atoms with van der Waals surface area (Å²) in [5.74, 6) is 1.84. The van der Waals surface area contributed by atoms with E-state index in [4.69, 9.17) is 16.6 Å². The van der Waals surface area contributed by atoms with Gasteiger partial charge in [-0.3, -0.25) is 0 Å². The third kappa shape index (κ3) is 2.33. The standard InChI is InChI=1S/C18H17ClN2S/c1-11-7-8-13-14(9-11)22-18-16(13)17(20-15(10-19)21-18)12-5-3-2-4-6-12/h2-6,11H,7-10H2,1H3. The largest absolute Gasteiger partial charge is 0.231 e. The van der Waals surface area contributed by atoms with Gasteiger partial charge in [-0.05, 0) is 30.7 Å². The zero-order chi connectivity index (χ0) is 15.1. The van der Waals surface area contributed by atoms with E-state index < -0.39 is 0 Å². The summed E-state index contributed by atoms with van der Waals surface area (Å²) in [6, 6.07) is 10.4. The van der Waals surface area contributed by atoms with E-state index in [-0.39, 0.29) is 0 Å². The zero-order valence-corrected chi connectivity index (χ0v) is 14.0. The molecule has 4 rings (SSSR count). The number of aryl methyl sites for hydroxylation is 1. The van der Waals surface area contributed by atoms with Crippen molar-refractivity contribution in [3.8, 4) is 11.3 Å². The lowest BCUT2D eigenvalue weighted by Crippen LogP contribution is -2.08. The summed E-state index contributed by atoms with van der Waals surface area (Å²) in [4.78, 5) is 12.0. The average Bonchev–Trinajstić information content (AvgIpc) is 2.91. The van der Waals surface area contributed by atoms with Crippen molar-refractivity contribution in [3.63, 3.8) is 0 Å². The second-order valence-corrected chi connectivity index (χ2v) is 7.37. The maximum atomic E-state index is 6.02. The van der Waals surface area contributed by atoms with Crippen LogP contribution >= 0.6 is 22.9 Å². The molecule has 4 heteroatoms. The fourth-order valence-corrected chi connectivity index (χ4v) is 4.77. The van der Waals surface area contributed by atoms with Gasteiger partial charge in [-0.15, -0.1) is 22.9 Å². The molecule has 3 aromatic rings. The van der Waals surface area contributed by atoms with Gasteiger partial charge in [0.25, 0.3) is 0 Å². The number of alkyl halides is 1. The zero-order valence-electron chi connectivity index (χ0n) is 12.5. The van der Waals surface area contributed by atoms with Crippen molar-refractivity contribution in [2.75, 3.05) is 0 Å². The van der Waals surface area contributed by atoms with Gasteiger partial charge in [0.2, 0.25) is 0 Å². The van der Waals surface area contributed by atoms with Gasteiger partial charge in [0.05, 0.1) is 11.6 Å². The SMILES string of the molecule is CC1CCc2c(sc3nc(CCl)nc(-c4ccccc4)c23)C1. The molecule has 1 atom stereocenters. The van der Waals surface area contributed by atoms with E-state index in [1.807, 2.05) is 17.4 Å². The summed E-state index contributed by atoms with van der Waals surface area (Å²) >= 11 is 7.85. The summed E-state index contributed by atoms with van der Waals surface area (Å²) in [5.41, 5.74) is 3.67. The highest BCUT2D eigenvalue weighted by Crippen LogP contribution is 2.41. The second-order valence-electron chi connectivity index (χ2n) is 6.02. The molecule has 1 aliphatic rings. The maximum Gasteiger partial charge on any atom is 0.145 e. The summed E-state index contributed by atoms with van der Waals surface area (Å²) in [7, 11) is 0. The molecule has 0 N–H and O–H groups in total. The van der Waals surface area contributed by atoms with Crippen molar-refractivity contribution in [3.05, 3.63) is 46.6 Å². The molecule has 0 spiro atoms. The number of nitrogens with zero attached hydrogens (tertiary/aromatic N) is 2. The first-order valence-corrected chi connectivity index (χ1v) is 9.04. The number of halogens is 1. The lowest BCUT2D eigenvalue weighted by Gasteiger charge is -2.18. The molecule has 112 valence electrons. The van der Waals surface area contributed by atoms with Crippen molar-refractivity contribution in [2.24, 2.45) is 5.92 Å². The minimum absolute atomic E-state index is 0.356. The monoisotopic (exact) mass is 328 g/mol. The average molecular weight is 329 g/mol. The Morgan fingerprint density at radius 3 is 2.82 bits per heavy atom. The third-order valence-electron chi connectivity index (χ3n) is 4.37. The fourth-order valence-electron chi connectivity index (χ4n) is 3.25. The molecular weight excluding hydrogens is 312 g/mol. The maximum absolute atomic E-state index is 6.02. The van der Waals surface area contributed by atoms with Crippen molar-refractivity contribution in [1.29, 1.82) is 0 Å². The molecule has 0 fully saturated rings. The summed E-state index contributed by atoms with van der Waals surface area (Å²) < 4.78 is 0. The number of hydrogen-bond acceptors (Lipinski definition) is 3. The van der Waals surface area contributed by atoms with E-state index in [0.717, 1.165) is 34.3 Å². The number of aromatic nitrogens is 2. The predicted molar refractivity (Wildman–Crippen MR) is 93.6 cm³/mol. The Labute approximate surface area is 139 Å². The number of rotatable bonds is 2. The first-order valence-electron chi connectivity index (χ1n) is 7.69. The van der Waals surface area contributed by atoms with Crippen LogP contribution in [0.3, 0.4) is 0 Å². The minimum Gasteiger partial charge on any atom is -0.231 e. The van der Waals surface area contributed by atoms with Crippen LogP contribution in [0.5, 0.6) is 0 Å². The van der Waals surface area contributed by atoms with Crippen molar-refractivity contribution >= 4 is 33.2 Å². The van der Waals surface area contributed by atoms with Crippen LogP contribution in [0.1, 0.15) is 29.6 Å². The number of fused-ring (bicyclic) bond motifs is 3. The lowest BCUT2D eigenvalue weighted by atomic mass is 9.88. The van der Waals surface area contributed by atoms with Gasteiger partial charge in [-0.2, -0.15) is 0 Å². The Morgan fingerprint density at radius 1 is 1.23 bits per heavy atom. The van der Waals surface area contributed by atoms with E-state index in [9.17, 15) is 0 Å². The van der Waals surface area contributed by atoms with Crippen LogP contribution in [0.25, 0.3) is 21.5 Å². The quantitative estimate of drug-likeness (QED) is 0.602. The van der Waals surface area contributed by atoms with Crippen LogP contribution in [0.15, 0.2) is 30.3 Å². The highest BCUT2D eigenvalue weighted by atomic mass is 35.5. The smallest absolute Gasteiger partial charge is 0.145 e. The number of benzene rings is 1. The van der Waals surface area contributed by atoms with Gasteiger partial charge in [-0.1, -0.05) is 37.3 Å². The second kappa shape index (κ2) is 5.64. The molecule has 22 heavy (non-hydrogen) atoms. The van der Waals surface area contributed by atoms with Crippen LogP contribution in [-0.2, 0) is 18.7 Å². The fraction of sp³-hybridized carbons (Fsp3) is 0.333. The first kappa shape index (κ1) is 14.2. The van der Waals surface area contributed by atoms with Gasteiger partial charge in [0.15, 0.2) is 0 Å². The van der Waals surface area contributed by atoms with Gasteiger partial charge in [0.1, 0.15) is 10.7 Å². The molecule has 0 amide bonds. The van der Waals surface area contributed by atoms with E-state index in [2.05, 4.69) is 36.2 Å². The molecule has 1 aliphatic carbocycles. The van der Waals surface area contributed by atoms with Crippen LogP contribution in [0, 0.1) is 5.92 Å². The van der Waals surface area contributed by atoms with E-state index >= 15 is 0 Å². The predicted octanol–water partition coefficient (Wildman–Crippen LogP) is 5.22. The Morgan fingerprint density at radius 2 is 2.05 bits per heavy atom. The topological polar surface area (TPSA) is 25.8 Å². The molecule has 1 unspecified atom stereocenters. The van der Waals surface area contributed by atoms with Crippen LogP contribution < -0.4 is 0 Å². The van der Waals surface area contributed by atoms with Gasteiger partial charge >= 0.3 is 0 Å². The molecule has 0 saturated heterocycles. The van der Waals surface area contributed by atoms with Crippen molar-refractivity contribution in [1.82, 2.24) is 9.97 Å². The normalized spacial score (nSPS) is 17.6. The van der Waals surface area contributed by atoms with Gasteiger partial charge in [-0.25, -0.2) is 9.97 Å². The third-order valence-corrected chi connectivity index (χ3v) is 5.76. The summed E-state index contributed by atoms with van der Waals surface area (Å²) in [6.07, 6.45) is 3.56. The molecule has 0 aliphatic heterocycles. The van der Waals surface area contributed by atoms with Gasteiger partial charge < -0.3 is 0 Å². The molecule has 0 bridgehead atoms. The molecular formula is C18H17ClN2S. The van der Waals surface area contributed by atoms with Crippen molar-refractivity contribution < 1.29 is 0 Å². The molecule has 2 aromatic heterocycles. The highest BCUT2D eigenvalue weighted by molar-refractivity contribution is 7.19. The van der Waals surface area contributed by atoms with E-state index in [0.29, 0.717) is 5.88 Å². The number of thiophene rings is 1. The first-order chi connectivity index (χ1) is 10.8. The van der Waals surface area contributed by atoms with Crippen LogP contribution in [0.4, 0.5) is 0 Å². The van der Waals surface area contributed by atoms with Gasteiger partial charge in [0, 0.05) is 15.8 Å². The lowest BCUT2D eigenvalue weighted by molar-refractivity contribution is 0.509. The Bertz CT molecular complexity index is 826. The van der Waals surface area contributed by atoms with E-state index in [1.165, 1.54) is 28.7 Å². The molecule has 2 nitrogen and oxygen atoms in total. The summed E-state index contributed by atoms with van der Waals surface area (Å²) in [6.45, 7) is 2.33. The molecule has 0 saturated carbocycles. The van der Waals surface area contributed by atoms with Crippen LogP contribution in [0.2, 0.25) is 0 Å². The highest BCUT2D eigenvalue weighted by Gasteiger charge is 2.24. The molecule has 1 aromatic carbocycles. The Balaban J connectivity index is 2.01. The Hall–Kier alpha value is -1.45.